The Morgan fingerprint density at radius 1 is 0.774 bits per heavy atom. The van der Waals surface area contributed by atoms with Crippen LogP contribution in [0.1, 0.15) is 30.0 Å². The quantitative estimate of drug-likeness (QED) is 0.197. The minimum Gasteiger partial charge on any atom is -0.496 e. The summed E-state index contributed by atoms with van der Waals surface area (Å²) in [4.78, 5) is 87.8. The van der Waals surface area contributed by atoms with Gasteiger partial charge in [-0.15, -0.1) is 0 Å². The van der Waals surface area contributed by atoms with E-state index in [-0.39, 0.29) is 47.9 Å². The number of methoxy groups -OCH3 is 1. The van der Waals surface area contributed by atoms with Gasteiger partial charge in [-0.1, -0.05) is 60.7 Å². The molecule has 0 bridgehead atoms. The highest BCUT2D eigenvalue weighted by atomic mass is 16.5. The summed E-state index contributed by atoms with van der Waals surface area (Å²) in [7, 11) is 6.05. The molecule has 1 atom stereocenters. The first-order valence-electron chi connectivity index (χ1n) is 19.8. The number of allylic oxidation sites excluding steroid dienone is 2. The lowest BCUT2D eigenvalue weighted by Gasteiger charge is -2.29. The molecule has 1 aliphatic carbocycles. The summed E-state index contributed by atoms with van der Waals surface area (Å²) in [6.45, 7) is 3.44. The van der Waals surface area contributed by atoms with Crippen molar-refractivity contribution in [1.82, 2.24) is 42.7 Å². The molecular formula is C45H44N10O7. The van der Waals surface area contributed by atoms with Crippen molar-refractivity contribution in [2.75, 3.05) is 12.4 Å². The molecule has 0 fully saturated rings. The van der Waals surface area contributed by atoms with Gasteiger partial charge in [0.05, 0.1) is 31.8 Å². The number of amides is 2. The van der Waals surface area contributed by atoms with Crippen LogP contribution in [0, 0.1) is 6.92 Å². The highest BCUT2D eigenvalue weighted by Gasteiger charge is 2.27. The molecule has 17 heteroatoms. The Morgan fingerprint density at radius 3 is 2.08 bits per heavy atom. The zero-order chi connectivity index (χ0) is 44.0. The van der Waals surface area contributed by atoms with Crippen molar-refractivity contribution in [3.63, 3.8) is 0 Å². The van der Waals surface area contributed by atoms with Crippen molar-refractivity contribution in [3.8, 4) is 16.9 Å². The monoisotopic (exact) mass is 836 g/mol. The molecule has 1 aliphatic rings. The van der Waals surface area contributed by atoms with E-state index >= 15 is 0 Å². The van der Waals surface area contributed by atoms with Gasteiger partial charge in [0.1, 0.15) is 18.8 Å². The summed E-state index contributed by atoms with van der Waals surface area (Å²) in [6.07, 6.45) is 9.25. The van der Waals surface area contributed by atoms with E-state index in [0.29, 0.717) is 17.7 Å². The van der Waals surface area contributed by atoms with Crippen LogP contribution in [0.25, 0.3) is 39.0 Å². The average Bonchev–Trinajstić information content (AvgIpc) is 3.88. The van der Waals surface area contributed by atoms with Crippen LogP contribution >= 0.6 is 0 Å². The molecule has 7 aromatic rings. The zero-order valence-corrected chi connectivity index (χ0v) is 35.0. The fraction of sp³-hybridized carbons (Fsp3) is 0.244. The number of aromatic nitrogens is 8. The van der Waals surface area contributed by atoms with Gasteiger partial charge < -0.3 is 24.5 Å². The van der Waals surface area contributed by atoms with Crippen LogP contribution in [0.15, 0.2) is 117 Å². The maximum absolute atomic E-state index is 14.1. The Hall–Kier alpha value is -7.82. The molecule has 0 aliphatic heterocycles. The van der Waals surface area contributed by atoms with Crippen molar-refractivity contribution < 1.29 is 14.3 Å². The lowest BCUT2D eigenvalue weighted by Crippen LogP contribution is -2.46. The molecule has 0 radical (unpaired) electrons. The van der Waals surface area contributed by atoms with Gasteiger partial charge in [0.25, 0.3) is 11.1 Å². The standard InChI is InChI=1S/C45H44N10O7/c1-27-11-12-28(21-33(27)29-13-15-31(16-14-29)48-35(56)23-53-25-46-39-37(53)41(58)52(5)43(60)50(39)3)22-55-42(59)38-40(51(4)44(55)61)47-26-54(38)24-36(57)49-45(2)19-17-30(18-20-45)32-9-7-8-10-34(32)62-6/h7-19,21,25-26H,20,22-24H2,1-6H3,(H,48,56)(H,49,57). The second-order valence-corrected chi connectivity index (χ2v) is 15.7. The number of ether oxygens (including phenoxy) is 1. The van der Waals surface area contributed by atoms with E-state index in [4.69, 9.17) is 4.74 Å². The maximum atomic E-state index is 14.1. The predicted octanol–water partition coefficient (Wildman–Crippen LogP) is 3.23. The van der Waals surface area contributed by atoms with E-state index in [1.54, 1.807) is 26.3 Å². The molecular weight excluding hydrogens is 793 g/mol. The number of hydrogen-bond acceptors (Lipinski definition) is 9. The number of benzene rings is 3. The maximum Gasteiger partial charge on any atom is 0.332 e. The summed E-state index contributed by atoms with van der Waals surface area (Å²) in [5.74, 6) is 0.0319. The summed E-state index contributed by atoms with van der Waals surface area (Å²) in [5, 5.41) is 5.93. The van der Waals surface area contributed by atoms with E-state index < -0.39 is 33.9 Å². The molecule has 17 nitrogen and oxygen atoms in total. The van der Waals surface area contributed by atoms with Crippen LogP contribution in [-0.4, -0.2) is 61.8 Å². The number of fused-ring (bicyclic) bond motifs is 2. The van der Waals surface area contributed by atoms with Gasteiger partial charge >= 0.3 is 11.4 Å². The van der Waals surface area contributed by atoms with Crippen molar-refractivity contribution in [3.05, 3.63) is 156 Å². The topological polar surface area (TPSA) is 191 Å². The second kappa shape index (κ2) is 16.0. The van der Waals surface area contributed by atoms with Crippen LogP contribution in [0.2, 0.25) is 0 Å². The third kappa shape index (κ3) is 7.48. The van der Waals surface area contributed by atoms with Gasteiger partial charge in [0.15, 0.2) is 22.3 Å². The number of rotatable bonds is 11. The number of hydrogen-bond donors (Lipinski definition) is 2. The summed E-state index contributed by atoms with van der Waals surface area (Å²) in [5.41, 5.74) is 3.56. The Balaban J connectivity index is 0.972. The first-order chi connectivity index (χ1) is 29.7. The molecule has 2 amide bonds. The van der Waals surface area contributed by atoms with Crippen LogP contribution in [0.5, 0.6) is 5.75 Å². The SMILES string of the molecule is COc1ccccc1C1=CCC(C)(NC(=O)Cn2cnc3c2c(=O)n(Cc2ccc(C)c(-c4ccc(NC(=O)Cn5cnc6c5c(=O)n(C)c(=O)n6C)cc4)c2)c(=O)n3C)C=C1. The fourth-order valence-electron chi connectivity index (χ4n) is 7.87. The Kier molecular flexibility index (Phi) is 10.6. The first-order valence-corrected chi connectivity index (χ1v) is 19.8. The highest BCUT2D eigenvalue weighted by molar-refractivity contribution is 5.92. The van der Waals surface area contributed by atoms with Crippen molar-refractivity contribution in [2.45, 2.75) is 45.4 Å². The fourth-order valence-corrected chi connectivity index (χ4v) is 7.87. The molecule has 62 heavy (non-hydrogen) atoms. The molecule has 3 aromatic carbocycles. The number of carbonyl (C=O) groups is 2. The minimum atomic E-state index is -0.674. The van der Waals surface area contributed by atoms with Gasteiger partial charge in [-0.25, -0.2) is 19.6 Å². The number of nitrogens with one attached hydrogen (secondary N) is 2. The minimum absolute atomic E-state index is 0.0375. The van der Waals surface area contributed by atoms with Crippen molar-refractivity contribution >= 4 is 45.4 Å². The van der Waals surface area contributed by atoms with E-state index in [2.05, 4.69) is 26.7 Å². The molecule has 316 valence electrons. The third-order valence-electron chi connectivity index (χ3n) is 11.3. The van der Waals surface area contributed by atoms with Crippen LogP contribution in [0.3, 0.4) is 0 Å². The lowest BCUT2D eigenvalue weighted by atomic mass is 9.88. The van der Waals surface area contributed by atoms with Crippen molar-refractivity contribution in [1.29, 1.82) is 0 Å². The van der Waals surface area contributed by atoms with Crippen molar-refractivity contribution in [2.24, 2.45) is 21.1 Å². The largest absolute Gasteiger partial charge is 0.496 e. The summed E-state index contributed by atoms with van der Waals surface area (Å²) < 4.78 is 13.1. The number of aryl methyl sites for hydroxylation is 3. The summed E-state index contributed by atoms with van der Waals surface area (Å²) >= 11 is 0. The van der Waals surface area contributed by atoms with E-state index in [9.17, 15) is 28.8 Å². The first kappa shape index (κ1) is 40.9. The molecule has 0 saturated heterocycles. The Labute approximate surface area is 353 Å². The predicted molar refractivity (Wildman–Crippen MR) is 235 cm³/mol. The molecule has 2 N–H and O–H groups in total. The molecule has 0 saturated carbocycles. The van der Waals surface area contributed by atoms with Gasteiger partial charge in [0.2, 0.25) is 11.8 Å². The van der Waals surface area contributed by atoms with Gasteiger partial charge in [-0.3, -0.25) is 37.4 Å². The highest BCUT2D eigenvalue weighted by Crippen LogP contribution is 2.32. The molecule has 8 rings (SSSR count). The van der Waals surface area contributed by atoms with E-state index in [1.807, 2.05) is 80.6 Å². The van der Waals surface area contributed by atoms with Crippen LogP contribution < -0.4 is 37.9 Å². The number of imidazole rings is 2. The van der Waals surface area contributed by atoms with Gasteiger partial charge in [-0.05, 0) is 72.4 Å². The average molecular weight is 837 g/mol. The number of nitrogens with zero attached hydrogens (tertiary/aromatic N) is 8. The molecule has 0 spiro atoms. The Morgan fingerprint density at radius 2 is 1.42 bits per heavy atom. The number of carbonyl (C=O) groups excluding carboxylic acids is 2. The van der Waals surface area contributed by atoms with Crippen LogP contribution in [0.4, 0.5) is 5.69 Å². The number of anilines is 1. The third-order valence-corrected chi connectivity index (χ3v) is 11.3. The lowest BCUT2D eigenvalue weighted by molar-refractivity contribution is -0.123. The molecule has 1 unspecified atom stereocenters. The van der Waals surface area contributed by atoms with Gasteiger partial charge in [-0.2, -0.15) is 0 Å². The molecule has 4 heterocycles. The summed E-state index contributed by atoms with van der Waals surface area (Å²) in [6, 6.07) is 20.6. The normalized spacial score (nSPS) is 14.9. The number of para-hydroxylation sites is 1. The Bertz CT molecular complexity index is 3270. The van der Waals surface area contributed by atoms with E-state index in [0.717, 1.165) is 42.7 Å². The zero-order valence-electron chi connectivity index (χ0n) is 35.0. The molecule has 4 aromatic heterocycles. The van der Waals surface area contributed by atoms with Crippen LogP contribution in [-0.2, 0) is 50.4 Å². The van der Waals surface area contributed by atoms with E-state index in [1.165, 1.54) is 45.0 Å². The smallest absolute Gasteiger partial charge is 0.332 e. The van der Waals surface area contributed by atoms with Gasteiger partial charge in [0, 0.05) is 32.4 Å². The second-order valence-electron chi connectivity index (χ2n) is 15.7.